The van der Waals surface area contributed by atoms with Crippen molar-refractivity contribution in [1.29, 1.82) is 0 Å². The van der Waals surface area contributed by atoms with Crippen molar-refractivity contribution in [1.82, 2.24) is 4.98 Å². The molecule has 0 aliphatic carbocycles. The molecule has 0 saturated carbocycles. The van der Waals surface area contributed by atoms with Gasteiger partial charge in [0.1, 0.15) is 11.6 Å². The van der Waals surface area contributed by atoms with Crippen molar-refractivity contribution >= 4 is 17.2 Å². The van der Waals surface area contributed by atoms with Gasteiger partial charge in [-0.2, -0.15) is 0 Å². The Morgan fingerprint density at radius 2 is 2.10 bits per heavy atom. The molecule has 2 heterocycles. The SMILES string of the molecule is Cc1ccc(C(N)=S)c(OCc2ccc3c(c2)OCO3)n1. The van der Waals surface area contributed by atoms with Crippen LogP contribution in [0.25, 0.3) is 0 Å². The Morgan fingerprint density at radius 3 is 2.90 bits per heavy atom. The summed E-state index contributed by atoms with van der Waals surface area (Å²) < 4.78 is 16.4. The lowest BCUT2D eigenvalue weighted by molar-refractivity contribution is 0.174. The number of rotatable bonds is 4. The van der Waals surface area contributed by atoms with Gasteiger partial charge in [-0.15, -0.1) is 0 Å². The Bertz CT molecular complexity index is 703. The van der Waals surface area contributed by atoms with Crippen molar-refractivity contribution in [2.75, 3.05) is 6.79 Å². The summed E-state index contributed by atoms with van der Waals surface area (Å²) in [7, 11) is 0. The second-order valence-corrected chi connectivity index (χ2v) is 5.09. The van der Waals surface area contributed by atoms with Crippen molar-refractivity contribution in [3.05, 3.63) is 47.2 Å². The van der Waals surface area contributed by atoms with Gasteiger partial charge in [0.15, 0.2) is 11.5 Å². The minimum atomic E-state index is 0.255. The fourth-order valence-electron chi connectivity index (χ4n) is 2.01. The van der Waals surface area contributed by atoms with Crippen molar-refractivity contribution < 1.29 is 14.2 Å². The van der Waals surface area contributed by atoms with Crippen LogP contribution < -0.4 is 19.9 Å². The molecule has 5 nitrogen and oxygen atoms in total. The summed E-state index contributed by atoms with van der Waals surface area (Å²) in [5.41, 5.74) is 8.12. The minimum absolute atomic E-state index is 0.255. The van der Waals surface area contributed by atoms with Gasteiger partial charge in [0, 0.05) is 5.69 Å². The van der Waals surface area contributed by atoms with E-state index in [0.29, 0.717) is 18.1 Å². The van der Waals surface area contributed by atoms with Crippen LogP contribution in [-0.4, -0.2) is 16.8 Å². The van der Waals surface area contributed by atoms with Crippen LogP contribution in [0.5, 0.6) is 17.4 Å². The quantitative estimate of drug-likeness (QED) is 0.874. The van der Waals surface area contributed by atoms with Gasteiger partial charge in [0.25, 0.3) is 0 Å². The lowest BCUT2D eigenvalue weighted by atomic mass is 10.2. The number of hydrogen-bond donors (Lipinski definition) is 1. The van der Waals surface area contributed by atoms with E-state index >= 15 is 0 Å². The molecule has 0 spiro atoms. The van der Waals surface area contributed by atoms with E-state index in [0.717, 1.165) is 22.8 Å². The highest BCUT2D eigenvalue weighted by Crippen LogP contribution is 2.32. The predicted molar refractivity (Wildman–Crippen MR) is 81.8 cm³/mol. The van der Waals surface area contributed by atoms with Gasteiger partial charge in [-0.1, -0.05) is 18.3 Å². The number of fused-ring (bicyclic) bond motifs is 1. The van der Waals surface area contributed by atoms with E-state index in [1.54, 1.807) is 0 Å². The molecule has 108 valence electrons. The van der Waals surface area contributed by atoms with E-state index in [1.807, 2.05) is 37.3 Å². The molecule has 2 aromatic rings. The molecule has 3 rings (SSSR count). The first-order valence-corrected chi connectivity index (χ1v) is 6.83. The number of aryl methyl sites for hydroxylation is 1. The van der Waals surface area contributed by atoms with Crippen molar-refractivity contribution in [2.45, 2.75) is 13.5 Å². The standard InChI is InChI=1S/C15H14N2O3S/c1-9-2-4-11(14(16)21)15(17-9)18-7-10-3-5-12-13(6-10)20-8-19-12/h2-6H,7-8H2,1H3,(H2,16,21). The Kier molecular flexibility index (Phi) is 3.62. The first-order valence-electron chi connectivity index (χ1n) is 6.42. The highest BCUT2D eigenvalue weighted by Gasteiger charge is 2.14. The first-order chi connectivity index (χ1) is 10.1. The Hall–Kier alpha value is -2.34. The van der Waals surface area contributed by atoms with Crippen molar-refractivity contribution in [3.63, 3.8) is 0 Å². The van der Waals surface area contributed by atoms with Gasteiger partial charge in [-0.05, 0) is 36.8 Å². The smallest absolute Gasteiger partial charge is 0.231 e. The molecule has 0 radical (unpaired) electrons. The summed E-state index contributed by atoms with van der Waals surface area (Å²) in [6.07, 6.45) is 0. The maximum Gasteiger partial charge on any atom is 0.231 e. The van der Waals surface area contributed by atoms with Crippen LogP contribution in [0.3, 0.4) is 0 Å². The van der Waals surface area contributed by atoms with Crippen LogP contribution in [-0.2, 0) is 6.61 Å². The van der Waals surface area contributed by atoms with E-state index in [1.165, 1.54) is 0 Å². The molecule has 1 aromatic carbocycles. The number of benzene rings is 1. The lowest BCUT2D eigenvalue weighted by Gasteiger charge is -2.10. The molecule has 1 aromatic heterocycles. The summed E-state index contributed by atoms with van der Waals surface area (Å²) in [5, 5.41) is 0. The van der Waals surface area contributed by atoms with Crippen LogP contribution in [0, 0.1) is 6.92 Å². The van der Waals surface area contributed by atoms with Crippen LogP contribution in [0.4, 0.5) is 0 Å². The number of thiocarbonyl (C=S) groups is 1. The number of nitrogens with zero attached hydrogens (tertiary/aromatic N) is 1. The highest BCUT2D eigenvalue weighted by atomic mass is 32.1. The molecule has 21 heavy (non-hydrogen) atoms. The third-order valence-electron chi connectivity index (χ3n) is 3.08. The lowest BCUT2D eigenvalue weighted by Crippen LogP contribution is -2.13. The summed E-state index contributed by atoms with van der Waals surface area (Å²) in [5.74, 6) is 1.92. The maximum absolute atomic E-state index is 5.75. The summed E-state index contributed by atoms with van der Waals surface area (Å²) in [4.78, 5) is 4.60. The highest BCUT2D eigenvalue weighted by molar-refractivity contribution is 7.80. The molecule has 0 saturated heterocycles. The third kappa shape index (κ3) is 2.90. The van der Waals surface area contributed by atoms with Crippen LogP contribution >= 0.6 is 12.2 Å². The van der Waals surface area contributed by atoms with Gasteiger partial charge in [0.05, 0.1) is 5.56 Å². The summed E-state index contributed by atoms with van der Waals surface area (Å²) >= 11 is 5.01. The Labute approximate surface area is 127 Å². The van der Waals surface area contributed by atoms with Gasteiger partial charge in [-0.3, -0.25) is 0 Å². The topological polar surface area (TPSA) is 66.6 Å². The average molecular weight is 302 g/mol. The van der Waals surface area contributed by atoms with Gasteiger partial charge >= 0.3 is 0 Å². The average Bonchev–Trinajstić information content (AvgIpc) is 2.92. The summed E-state index contributed by atoms with van der Waals surface area (Å²) in [6, 6.07) is 9.34. The zero-order chi connectivity index (χ0) is 14.8. The third-order valence-corrected chi connectivity index (χ3v) is 3.30. The van der Waals surface area contributed by atoms with Crippen molar-refractivity contribution in [3.8, 4) is 17.4 Å². The zero-order valence-corrected chi connectivity index (χ0v) is 12.3. The molecule has 0 unspecified atom stereocenters. The Morgan fingerprint density at radius 1 is 1.29 bits per heavy atom. The molecule has 1 aliphatic rings. The second kappa shape index (κ2) is 5.57. The first kappa shape index (κ1) is 13.6. The second-order valence-electron chi connectivity index (χ2n) is 4.65. The van der Waals surface area contributed by atoms with Crippen molar-refractivity contribution in [2.24, 2.45) is 5.73 Å². The molecule has 6 heteroatoms. The zero-order valence-electron chi connectivity index (χ0n) is 11.5. The molecule has 2 N–H and O–H groups in total. The van der Waals surface area contributed by atoms with Gasteiger partial charge in [-0.25, -0.2) is 4.98 Å². The maximum atomic E-state index is 5.75. The molecule has 0 fully saturated rings. The Balaban J connectivity index is 1.78. The number of pyridine rings is 1. The van der Waals surface area contributed by atoms with Crippen LogP contribution in [0.1, 0.15) is 16.8 Å². The molecule has 0 atom stereocenters. The molecule has 1 aliphatic heterocycles. The fourth-order valence-corrected chi connectivity index (χ4v) is 2.17. The largest absolute Gasteiger partial charge is 0.472 e. The number of ether oxygens (including phenoxy) is 3. The van der Waals surface area contributed by atoms with E-state index in [2.05, 4.69) is 4.98 Å². The number of hydrogen-bond acceptors (Lipinski definition) is 5. The van der Waals surface area contributed by atoms with Gasteiger partial charge in [0.2, 0.25) is 12.7 Å². The summed E-state index contributed by atoms with van der Waals surface area (Å²) in [6.45, 7) is 2.49. The van der Waals surface area contributed by atoms with Crippen LogP contribution in [0.2, 0.25) is 0 Å². The molecule has 0 amide bonds. The van der Waals surface area contributed by atoms with E-state index in [-0.39, 0.29) is 11.8 Å². The normalized spacial score (nSPS) is 12.2. The number of aromatic nitrogens is 1. The number of nitrogens with two attached hydrogens (primary N) is 1. The van der Waals surface area contributed by atoms with E-state index in [4.69, 9.17) is 32.2 Å². The molecular formula is C15H14N2O3S. The molecular weight excluding hydrogens is 288 g/mol. The van der Waals surface area contributed by atoms with Crippen LogP contribution in [0.15, 0.2) is 30.3 Å². The predicted octanol–water partition coefficient (Wildman–Crippen LogP) is 2.33. The van der Waals surface area contributed by atoms with E-state index < -0.39 is 0 Å². The van der Waals surface area contributed by atoms with E-state index in [9.17, 15) is 0 Å². The van der Waals surface area contributed by atoms with Gasteiger partial charge < -0.3 is 19.9 Å². The minimum Gasteiger partial charge on any atom is -0.472 e. The fraction of sp³-hybridized carbons (Fsp3) is 0.200. The molecule has 0 bridgehead atoms. The monoisotopic (exact) mass is 302 g/mol.